The number of hydrogen-bond acceptors (Lipinski definition) is 3. The fourth-order valence-electron chi connectivity index (χ4n) is 1.43. The highest BCUT2D eigenvalue weighted by molar-refractivity contribution is 6.02. The first-order chi connectivity index (χ1) is 8.66. The number of esters is 1. The summed E-state index contributed by atoms with van der Waals surface area (Å²) in [6.07, 6.45) is 5.49. The summed E-state index contributed by atoms with van der Waals surface area (Å²) in [6.45, 7) is 2.27. The average molecular weight is 248 g/mol. The van der Waals surface area contributed by atoms with Crippen molar-refractivity contribution < 1.29 is 19.4 Å². The summed E-state index contributed by atoms with van der Waals surface area (Å²) in [5.74, 6) is -1.73. The number of allylic oxidation sites excluding steroid dienone is 1. The first-order valence-electron chi connectivity index (χ1n) is 5.81. The van der Waals surface area contributed by atoms with E-state index in [1.165, 1.54) is 12.1 Å². The molecule has 0 aliphatic heterocycles. The van der Waals surface area contributed by atoms with Gasteiger partial charge in [0.2, 0.25) is 0 Å². The van der Waals surface area contributed by atoms with Gasteiger partial charge >= 0.3 is 11.9 Å². The van der Waals surface area contributed by atoms with E-state index in [0.717, 1.165) is 6.42 Å². The van der Waals surface area contributed by atoms with E-state index in [0.29, 0.717) is 6.42 Å². The lowest BCUT2D eigenvalue weighted by Crippen LogP contribution is -2.11. The molecule has 0 bridgehead atoms. The molecule has 0 aromatic heterocycles. The van der Waals surface area contributed by atoms with Gasteiger partial charge in [-0.25, -0.2) is 9.59 Å². The second-order valence-corrected chi connectivity index (χ2v) is 3.65. The molecule has 0 amide bonds. The summed E-state index contributed by atoms with van der Waals surface area (Å²) in [4.78, 5) is 22.6. The van der Waals surface area contributed by atoms with Crippen molar-refractivity contribution in [3.05, 3.63) is 47.5 Å². The highest BCUT2D eigenvalue weighted by Gasteiger charge is 2.16. The molecular formula is C14H16O4. The van der Waals surface area contributed by atoms with E-state index in [1.54, 1.807) is 12.1 Å². The van der Waals surface area contributed by atoms with Gasteiger partial charge in [0.05, 0.1) is 17.7 Å². The summed E-state index contributed by atoms with van der Waals surface area (Å²) >= 11 is 0. The lowest BCUT2D eigenvalue weighted by Gasteiger charge is -2.05. The minimum Gasteiger partial charge on any atom is -0.478 e. The summed E-state index contributed by atoms with van der Waals surface area (Å²) in [6, 6.07) is 6.02. The SMILES string of the molecule is CC/C=C/CCOC(=O)c1ccccc1C(=O)O. The summed E-state index contributed by atoms with van der Waals surface area (Å²) in [7, 11) is 0. The Morgan fingerprint density at radius 2 is 1.89 bits per heavy atom. The predicted octanol–water partition coefficient (Wildman–Crippen LogP) is 2.90. The number of benzene rings is 1. The Morgan fingerprint density at radius 1 is 1.22 bits per heavy atom. The molecule has 1 N–H and O–H groups in total. The molecule has 0 spiro atoms. The van der Waals surface area contributed by atoms with E-state index < -0.39 is 11.9 Å². The van der Waals surface area contributed by atoms with Crippen molar-refractivity contribution >= 4 is 11.9 Å². The van der Waals surface area contributed by atoms with Crippen LogP contribution in [0.25, 0.3) is 0 Å². The zero-order valence-electron chi connectivity index (χ0n) is 10.3. The number of aromatic carboxylic acids is 1. The van der Waals surface area contributed by atoms with Crippen LogP contribution in [0.5, 0.6) is 0 Å². The largest absolute Gasteiger partial charge is 0.478 e. The van der Waals surface area contributed by atoms with Gasteiger partial charge in [-0.15, -0.1) is 0 Å². The molecule has 1 aromatic rings. The van der Waals surface area contributed by atoms with E-state index in [1.807, 2.05) is 19.1 Å². The lowest BCUT2D eigenvalue weighted by molar-refractivity contribution is 0.0500. The maximum Gasteiger partial charge on any atom is 0.339 e. The molecule has 0 aliphatic carbocycles. The number of rotatable bonds is 6. The molecule has 4 heteroatoms. The summed E-state index contributed by atoms with van der Waals surface area (Å²) in [5.41, 5.74) is 0.0519. The number of ether oxygens (including phenoxy) is 1. The van der Waals surface area contributed by atoms with Crippen LogP contribution in [0.4, 0.5) is 0 Å². The van der Waals surface area contributed by atoms with Crippen LogP contribution in [0.1, 0.15) is 40.5 Å². The fraction of sp³-hybridized carbons (Fsp3) is 0.286. The molecule has 0 unspecified atom stereocenters. The molecule has 96 valence electrons. The van der Waals surface area contributed by atoms with E-state index in [4.69, 9.17) is 9.84 Å². The number of carbonyl (C=O) groups is 2. The number of carboxylic acids is 1. The van der Waals surface area contributed by atoms with Gasteiger partial charge in [0, 0.05) is 0 Å². The van der Waals surface area contributed by atoms with Gasteiger partial charge < -0.3 is 9.84 Å². The molecular weight excluding hydrogens is 232 g/mol. The Kier molecular flexibility index (Phi) is 5.64. The number of carbonyl (C=O) groups excluding carboxylic acids is 1. The molecule has 4 nitrogen and oxygen atoms in total. The van der Waals surface area contributed by atoms with Gasteiger partial charge in [-0.2, -0.15) is 0 Å². The molecule has 1 rings (SSSR count). The molecule has 1 aromatic carbocycles. The van der Waals surface area contributed by atoms with E-state index in [9.17, 15) is 9.59 Å². The van der Waals surface area contributed by atoms with Gasteiger partial charge in [0.15, 0.2) is 0 Å². The molecule has 0 fully saturated rings. The van der Waals surface area contributed by atoms with Crippen LogP contribution in [0.15, 0.2) is 36.4 Å². The Hall–Kier alpha value is -2.10. The van der Waals surface area contributed by atoms with Crippen LogP contribution < -0.4 is 0 Å². The van der Waals surface area contributed by atoms with Crippen LogP contribution in [-0.2, 0) is 4.74 Å². The Bertz CT molecular complexity index is 449. The monoisotopic (exact) mass is 248 g/mol. The van der Waals surface area contributed by atoms with Crippen LogP contribution >= 0.6 is 0 Å². The van der Waals surface area contributed by atoms with Gasteiger partial charge in [0.1, 0.15) is 0 Å². The first kappa shape index (κ1) is 14.0. The molecule has 0 atom stereocenters. The van der Waals surface area contributed by atoms with E-state index >= 15 is 0 Å². The third kappa shape index (κ3) is 4.05. The van der Waals surface area contributed by atoms with Gasteiger partial charge in [-0.3, -0.25) is 0 Å². The third-order valence-electron chi connectivity index (χ3n) is 2.30. The first-order valence-corrected chi connectivity index (χ1v) is 5.81. The minimum atomic E-state index is -1.13. The van der Waals surface area contributed by atoms with E-state index in [2.05, 4.69) is 0 Å². The molecule has 0 saturated heterocycles. The van der Waals surface area contributed by atoms with Crippen molar-refractivity contribution in [3.63, 3.8) is 0 Å². The summed E-state index contributed by atoms with van der Waals surface area (Å²) in [5, 5.41) is 8.94. The van der Waals surface area contributed by atoms with E-state index in [-0.39, 0.29) is 17.7 Å². The van der Waals surface area contributed by atoms with Crippen LogP contribution in [0.3, 0.4) is 0 Å². The topological polar surface area (TPSA) is 63.6 Å². The van der Waals surface area contributed by atoms with Gasteiger partial charge in [0.25, 0.3) is 0 Å². The minimum absolute atomic E-state index is 0.0356. The fourth-order valence-corrected chi connectivity index (χ4v) is 1.43. The van der Waals surface area contributed by atoms with Crippen LogP contribution in [-0.4, -0.2) is 23.7 Å². The zero-order valence-corrected chi connectivity index (χ0v) is 10.3. The molecule has 0 aliphatic rings. The molecule has 18 heavy (non-hydrogen) atoms. The second-order valence-electron chi connectivity index (χ2n) is 3.65. The van der Waals surface area contributed by atoms with Crippen LogP contribution in [0.2, 0.25) is 0 Å². The molecule has 0 heterocycles. The number of carboxylic acid groups (broad SMARTS) is 1. The third-order valence-corrected chi connectivity index (χ3v) is 2.30. The van der Waals surface area contributed by atoms with Crippen molar-refractivity contribution in [3.8, 4) is 0 Å². The maximum absolute atomic E-state index is 11.7. The number of hydrogen-bond donors (Lipinski definition) is 1. The van der Waals surface area contributed by atoms with Crippen molar-refractivity contribution in [2.45, 2.75) is 19.8 Å². The molecule has 0 saturated carbocycles. The maximum atomic E-state index is 11.7. The second kappa shape index (κ2) is 7.27. The highest BCUT2D eigenvalue weighted by atomic mass is 16.5. The Morgan fingerprint density at radius 3 is 2.50 bits per heavy atom. The van der Waals surface area contributed by atoms with Crippen molar-refractivity contribution in [2.24, 2.45) is 0 Å². The summed E-state index contributed by atoms with van der Waals surface area (Å²) < 4.78 is 5.01. The van der Waals surface area contributed by atoms with Gasteiger partial charge in [-0.05, 0) is 25.0 Å². The average Bonchev–Trinajstić information content (AvgIpc) is 2.38. The Labute approximate surface area is 106 Å². The Balaban J connectivity index is 2.61. The van der Waals surface area contributed by atoms with Crippen molar-refractivity contribution in [2.75, 3.05) is 6.61 Å². The highest BCUT2D eigenvalue weighted by Crippen LogP contribution is 2.10. The zero-order chi connectivity index (χ0) is 13.4. The predicted molar refractivity (Wildman–Crippen MR) is 67.7 cm³/mol. The standard InChI is InChI=1S/C14H16O4/c1-2-3-4-7-10-18-14(17)12-9-6-5-8-11(12)13(15)16/h3-6,8-9H,2,7,10H2,1H3,(H,15,16)/b4-3+. The normalized spacial score (nSPS) is 10.5. The lowest BCUT2D eigenvalue weighted by atomic mass is 10.1. The van der Waals surface area contributed by atoms with Gasteiger partial charge in [-0.1, -0.05) is 31.2 Å². The quantitative estimate of drug-likeness (QED) is 0.477. The van der Waals surface area contributed by atoms with Crippen molar-refractivity contribution in [1.82, 2.24) is 0 Å². The smallest absolute Gasteiger partial charge is 0.339 e. The van der Waals surface area contributed by atoms with Crippen molar-refractivity contribution in [1.29, 1.82) is 0 Å². The molecule has 0 radical (unpaired) electrons. The van der Waals surface area contributed by atoms with Crippen LogP contribution in [0, 0.1) is 0 Å².